The zero-order chi connectivity index (χ0) is 35.7. The topological polar surface area (TPSA) is 175 Å². The van der Waals surface area contributed by atoms with Crippen LogP contribution in [0.1, 0.15) is 12.8 Å². The van der Waals surface area contributed by atoms with E-state index in [0.717, 1.165) is 76.6 Å². The van der Waals surface area contributed by atoms with Crippen molar-refractivity contribution in [3.8, 4) is 0 Å². The minimum atomic E-state index is -3.91. The number of benzene rings is 4. The molecule has 19 heteroatoms. The van der Waals surface area contributed by atoms with Crippen molar-refractivity contribution in [3.63, 3.8) is 0 Å². The fraction of sp³-hybridized carbons (Fsp3) is 0.294. The molecule has 8 N–H and O–H groups in total. The van der Waals surface area contributed by atoms with Gasteiger partial charge >= 0.3 is 0 Å². The average Bonchev–Trinajstić information content (AvgIpc) is 3.53. The SMILES string of the molecule is Cl.Cl.Cl.Nc1cc(S(=O)(=O)Nc2ccc(F)cc2)ccc1N1CCCNCC1.Nc1cc(S(=O)(=O)Nc2ccccc2F)ccc1N1CCCNCC1. The Morgan fingerprint density at radius 3 is 1.53 bits per heavy atom. The first kappa shape index (κ1) is 45.4. The molecule has 0 amide bonds. The third-order valence-electron chi connectivity index (χ3n) is 8.19. The molecule has 2 heterocycles. The number of nitrogens with one attached hydrogen (secondary N) is 4. The fourth-order valence-electron chi connectivity index (χ4n) is 5.63. The molecule has 0 atom stereocenters. The summed E-state index contributed by atoms with van der Waals surface area (Å²) in [6.07, 6.45) is 2.00. The molecule has 4 aromatic rings. The molecule has 0 saturated carbocycles. The molecule has 6 rings (SSSR count). The molecule has 2 saturated heterocycles. The number of sulfonamides is 2. The van der Waals surface area contributed by atoms with Gasteiger partial charge in [0.2, 0.25) is 0 Å². The number of rotatable bonds is 8. The molecular formula is C34H45Cl3F2N8O4S2. The number of nitrogens with two attached hydrogens (primary N) is 2. The van der Waals surface area contributed by atoms with Crippen LogP contribution in [0.25, 0.3) is 0 Å². The van der Waals surface area contributed by atoms with Gasteiger partial charge < -0.3 is 31.9 Å². The fourth-order valence-corrected chi connectivity index (χ4v) is 7.82. The van der Waals surface area contributed by atoms with E-state index in [1.54, 1.807) is 18.2 Å². The van der Waals surface area contributed by atoms with Crippen molar-refractivity contribution in [2.45, 2.75) is 22.6 Å². The van der Waals surface area contributed by atoms with E-state index in [4.69, 9.17) is 11.5 Å². The van der Waals surface area contributed by atoms with Gasteiger partial charge in [-0.05, 0) is 98.7 Å². The van der Waals surface area contributed by atoms with Crippen LogP contribution in [0.3, 0.4) is 0 Å². The van der Waals surface area contributed by atoms with E-state index in [1.165, 1.54) is 66.7 Å². The van der Waals surface area contributed by atoms with Gasteiger partial charge in [-0.25, -0.2) is 25.6 Å². The van der Waals surface area contributed by atoms with E-state index in [-0.39, 0.29) is 52.7 Å². The lowest BCUT2D eigenvalue weighted by atomic mass is 10.2. The molecule has 2 aliphatic rings. The average molecular weight is 838 g/mol. The van der Waals surface area contributed by atoms with Gasteiger partial charge in [0, 0.05) is 45.0 Å². The molecule has 0 unspecified atom stereocenters. The zero-order valence-corrected chi connectivity index (χ0v) is 32.7. The van der Waals surface area contributed by atoms with Gasteiger partial charge in [-0.15, -0.1) is 37.2 Å². The first-order chi connectivity index (χ1) is 23.9. The highest BCUT2D eigenvalue weighted by molar-refractivity contribution is 7.93. The lowest BCUT2D eigenvalue weighted by Gasteiger charge is -2.24. The normalized spacial score (nSPS) is 14.8. The first-order valence-corrected chi connectivity index (χ1v) is 19.2. The van der Waals surface area contributed by atoms with Gasteiger partial charge in [-0.1, -0.05) is 12.1 Å². The standard InChI is InChI=1S/2C17H21FN4O2S.3ClH/c18-13-2-4-14(5-3-13)21-25(23,24)15-6-7-17(16(19)12-15)22-10-1-8-20-9-11-22;18-14-4-1-2-5-16(14)21-25(23,24)13-6-7-17(15(19)12-13)22-10-3-8-20-9-11-22;;;/h2-7,12,20-21H,1,8-11,19H2;1-2,4-7,12,20-21H,3,8-11,19H2;3*1H. The van der Waals surface area contributed by atoms with Crippen molar-refractivity contribution in [2.75, 3.05) is 83.1 Å². The molecule has 53 heavy (non-hydrogen) atoms. The molecular weight excluding hydrogens is 793 g/mol. The summed E-state index contributed by atoms with van der Waals surface area (Å²) < 4.78 is 81.3. The van der Waals surface area contributed by atoms with E-state index in [9.17, 15) is 25.6 Å². The van der Waals surface area contributed by atoms with E-state index in [2.05, 4.69) is 29.9 Å². The molecule has 0 spiro atoms. The summed E-state index contributed by atoms with van der Waals surface area (Å²) in [6.45, 7) is 7.00. The third-order valence-corrected chi connectivity index (χ3v) is 10.9. The van der Waals surface area contributed by atoms with Crippen LogP contribution in [0.2, 0.25) is 0 Å². The van der Waals surface area contributed by atoms with Gasteiger partial charge in [-0.3, -0.25) is 9.44 Å². The minimum Gasteiger partial charge on any atom is -0.397 e. The summed E-state index contributed by atoms with van der Waals surface area (Å²) in [7, 11) is -7.70. The Morgan fingerprint density at radius 1 is 0.585 bits per heavy atom. The molecule has 4 aromatic carbocycles. The predicted octanol–water partition coefficient (Wildman–Crippen LogP) is 5.28. The number of hydrogen-bond acceptors (Lipinski definition) is 10. The highest BCUT2D eigenvalue weighted by Gasteiger charge is 2.21. The van der Waals surface area contributed by atoms with Gasteiger partial charge in [0.05, 0.1) is 38.2 Å². The lowest BCUT2D eigenvalue weighted by molar-refractivity contribution is 0.598. The number of halogens is 5. The van der Waals surface area contributed by atoms with Gasteiger partial charge in [0.15, 0.2) is 0 Å². The second-order valence-corrected chi connectivity index (χ2v) is 15.2. The van der Waals surface area contributed by atoms with E-state index < -0.39 is 31.7 Å². The summed E-state index contributed by atoms with van der Waals surface area (Å²) in [5.74, 6) is -1.06. The Hall–Kier alpha value is -3.77. The molecule has 0 radical (unpaired) electrons. The third kappa shape index (κ3) is 12.4. The predicted molar refractivity (Wildman–Crippen MR) is 217 cm³/mol. The van der Waals surface area contributed by atoms with Gasteiger partial charge in [0.1, 0.15) is 11.6 Å². The van der Waals surface area contributed by atoms with E-state index in [1.807, 2.05) is 0 Å². The van der Waals surface area contributed by atoms with Crippen molar-refractivity contribution < 1.29 is 25.6 Å². The van der Waals surface area contributed by atoms with Crippen LogP contribution in [-0.2, 0) is 20.0 Å². The van der Waals surface area contributed by atoms with Gasteiger partial charge in [-0.2, -0.15) is 0 Å². The minimum absolute atomic E-state index is 0. The van der Waals surface area contributed by atoms with Crippen molar-refractivity contribution in [1.29, 1.82) is 0 Å². The van der Waals surface area contributed by atoms with Crippen LogP contribution < -0.4 is 41.3 Å². The van der Waals surface area contributed by atoms with Crippen molar-refractivity contribution >= 4 is 91.4 Å². The second kappa shape index (κ2) is 20.6. The Morgan fingerprint density at radius 2 is 1.06 bits per heavy atom. The molecule has 12 nitrogen and oxygen atoms in total. The Kier molecular flexibility index (Phi) is 17.7. The Bertz CT molecular complexity index is 1980. The Balaban J connectivity index is 0.000000347. The molecule has 0 aromatic heterocycles. The molecule has 292 valence electrons. The molecule has 0 bridgehead atoms. The smallest absolute Gasteiger partial charge is 0.262 e. The number of hydrogen-bond donors (Lipinski definition) is 6. The van der Waals surface area contributed by atoms with Crippen LogP contribution in [0.5, 0.6) is 0 Å². The number of para-hydroxylation sites is 1. The maximum atomic E-state index is 13.7. The lowest BCUT2D eigenvalue weighted by Crippen LogP contribution is -2.28. The van der Waals surface area contributed by atoms with Crippen LogP contribution in [0.4, 0.5) is 42.9 Å². The quantitative estimate of drug-likeness (QED) is 0.128. The van der Waals surface area contributed by atoms with Crippen molar-refractivity contribution in [1.82, 2.24) is 10.6 Å². The van der Waals surface area contributed by atoms with Crippen LogP contribution in [-0.4, -0.2) is 69.2 Å². The number of anilines is 6. The summed E-state index contributed by atoms with van der Waals surface area (Å²) in [4.78, 5) is 4.37. The second-order valence-electron chi connectivity index (χ2n) is 11.8. The molecule has 2 fully saturated rings. The summed E-state index contributed by atoms with van der Waals surface area (Å²) in [5, 5.41) is 6.63. The maximum Gasteiger partial charge on any atom is 0.262 e. The summed E-state index contributed by atoms with van der Waals surface area (Å²) in [6, 6.07) is 20.1. The Labute approximate surface area is 328 Å². The number of nitrogen functional groups attached to an aromatic ring is 2. The van der Waals surface area contributed by atoms with E-state index in [0.29, 0.717) is 17.1 Å². The van der Waals surface area contributed by atoms with Crippen molar-refractivity contribution in [2.24, 2.45) is 0 Å². The maximum absolute atomic E-state index is 13.7. The summed E-state index contributed by atoms with van der Waals surface area (Å²) in [5.41, 5.74) is 14.9. The van der Waals surface area contributed by atoms with E-state index >= 15 is 0 Å². The molecule has 0 aliphatic carbocycles. The van der Waals surface area contributed by atoms with Crippen LogP contribution in [0.15, 0.2) is 94.7 Å². The van der Waals surface area contributed by atoms with Crippen molar-refractivity contribution in [3.05, 3.63) is 96.6 Å². The number of nitrogens with zero attached hydrogens (tertiary/aromatic N) is 2. The summed E-state index contributed by atoms with van der Waals surface area (Å²) >= 11 is 0. The highest BCUT2D eigenvalue weighted by Crippen LogP contribution is 2.29. The monoisotopic (exact) mass is 836 g/mol. The largest absolute Gasteiger partial charge is 0.397 e. The highest BCUT2D eigenvalue weighted by atomic mass is 35.5. The van der Waals surface area contributed by atoms with Crippen LogP contribution in [0, 0.1) is 11.6 Å². The van der Waals surface area contributed by atoms with Crippen LogP contribution >= 0.6 is 37.2 Å². The first-order valence-electron chi connectivity index (χ1n) is 16.2. The molecule has 2 aliphatic heterocycles. The zero-order valence-electron chi connectivity index (χ0n) is 28.6. The van der Waals surface area contributed by atoms with Gasteiger partial charge in [0.25, 0.3) is 20.0 Å².